The van der Waals surface area contributed by atoms with Gasteiger partial charge < -0.3 is 10.5 Å². The lowest BCUT2D eigenvalue weighted by molar-refractivity contribution is 0.174. The lowest BCUT2D eigenvalue weighted by Gasteiger charge is -2.20. The van der Waals surface area contributed by atoms with Gasteiger partial charge in [-0.25, -0.2) is 0 Å². The third-order valence-corrected chi connectivity index (χ3v) is 3.28. The van der Waals surface area contributed by atoms with Crippen LogP contribution in [0.2, 0.25) is 0 Å². The summed E-state index contributed by atoms with van der Waals surface area (Å²) < 4.78 is 5.10. The highest BCUT2D eigenvalue weighted by Crippen LogP contribution is 2.26. The van der Waals surface area contributed by atoms with Crippen LogP contribution in [0.3, 0.4) is 0 Å². The predicted octanol–water partition coefficient (Wildman–Crippen LogP) is 2.30. The Labute approximate surface area is 107 Å². The molecule has 2 unspecified atom stereocenters. The number of rotatable bonds is 5. The maximum absolute atomic E-state index is 6.32. The normalized spacial score (nSPS) is 14.6. The molecule has 0 saturated heterocycles. The summed E-state index contributed by atoms with van der Waals surface area (Å²) in [6, 6.07) is 5.93. The van der Waals surface area contributed by atoms with Crippen LogP contribution in [-0.2, 0) is 4.74 Å². The van der Waals surface area contributed by atoms with Crippen molar-refractivity contribution in [3.63, 3.8) is 0 Å². The zero-order valence-corrected chi connectivity index (χ0v) is 10.8. The number of methoxy groups -OCH3 is 1. The van der Waals surface area contributed by atoms with Crippen molar-refractivity contribution in [2.24, 2.45) is 11.7 Å². The first-order valence-electron chi connectivity index (χ1n) is 6.18. The fourth-order valence-electron chi connectivity index (χ4n) is 2.07. The van der Waals surface area contributed by atoms with Crippen LogP contribution in [0.15, 0.2) is 30.6 Å². The molecule has 2 rings (SSSR count). The molecular weight excluding hydrogens is 226 g/mol. The molecule has 0 spiro atoms. The van der Waals surface area contributed by atoms with E-state index >= 15 is 0 Å². The zero-order chi connectivity index (χ0) is 13.0. The number of nitrogens with zero attached hydrogens (tertiary/aromatic N) is 2. The lowest BCUT2D eigenvalue weighted by Crippen LogP contribution is -2.21. The second-order valence-corrected chi connectivity index (χ2v) is 4.56. The highest BCUT2D eigenvalue weighted by Gasteiger charge is 2.17. The maximum Gasteiger partial charge on any atom is 0.0934 e. The second kappa shape index (κ2) is 5.89. The van der Waals surface area contributed by atoms with Gasteiger partial charge in [-0.1, -0.05) is 19.1 Å². The first kappa shape index (κ1) is 12.9. The van der Waals surface area contributed by atoms with Gasteiger partial charge in [-0.3, -0.25) is 9.97 Å². The molecule has 0 amide bonds. The largest absolute Gasteiger partial charge is 0.385 e. The highest BCUT2D eigenvalue weighted by molar-refractivity contribution is 5.78. The zero-order valence-electron chi connectivity index (χ0n) is 10.8. The summed E-state index contributed by atoms with van der Waals surface area (Å²) in [7, 11) is 1.71. The number of benzene rings is 1. The molecule has 0 saturated carbocycles. The molecule has 1 heterocycles. The Morgan fingerprint density at radius 3 is 2.83 bits per heavy atom. The number of aromatic nitrogens is 2. The molecule has 0 aliphatic heterocycles. The van der Waals surface area contributed by atoms with Crippen LogP contribution >= 0.6 is 0 Å². The lowest BCUT2D eigenvalue weighted by atomic mass is 9.92. The summed E-state index contributed by atoms with van der Waals surface area (Å²) in [5.74, 6) is 0.345. The molecule has 1 aromatic heterocycles. The van der Waals surface area contributed by atoms with E-state index < -0.39 is 0 Å². The Bertz CT molecular complexity index is 510. The van der Waals surface area contributed by atoms with E-state index in [9.17, 15) is 0 Å². The average Bonchev–Trinajstić information content (AvgIpc) is 2.43. The average molecular weight is 245 g/mol. The van der Waals surface area contributed by atoms with Crippen LogP contribution < -0.4 is 5.73 Å². The molecule has 2 atom stereocenters. The summed E-state index contributed by atoms with van der Waals surface area (Å²) in [6.45, 7) is 2.87. The summed E-state index contributed by atoms with van der Waals surface area (Å²) >= 11 is 0. The Morgan fingerprint density at radius 1 is 1.28 bits per heavy atom. The Kier molecular flexibility index (Phi) is 4.23. The van der Waals surface area contributed by atoms with Gasteiger partial charge in [0.25, 0.3) is 0 Å². The standard InChI is InChI=1S/C14H19N3O/c1-10(6-9-18-2)13(15)11-4-3-5-12-14(11)17-8-7-16-12/h3-5,7-8,10,13H,6,9,15H2,1-2H3. The Balaban J connectivity index is 2.29. The molecule has 96 valence electrons. The van der Waals surface area contributed by atoms with Gasteiger partial charge in [0, 0.05) is 32.2 Å². The SMILES string of the molecule is COCCC(C)C(N)c1cccc2nccnc12. The van der Waals surface area contributed by atoms with Crippen LogP contribution in [0.4, 0.5) is 0 Å². The summed E-state index contributed by atoms with van der Waals surface area (Å²) in [5.41, 5.74) is 9.17. The van der Waals surface area contributed by atoms with Gasteiger partial charge >= 0.3 is 0 Å². The van der Waals surface area contributed by atoms with Crippen molar-refractivity contribution < 1.29 is 4.74 Å². The van der Waals surface area contributed by atoms with Crippen LogP contribution in [-0.4, -0.2) is 23.7 Å². The molecule has 0 aliphatic carbocycles. The van der Waals surface area contributed by atoms with Crippen LogP contribution in [0.5, 0.6) is 0 Å². The van der Waals surface area contributed by atoms with E-state index in [-0.39, 0.29) is 6.04 Å². The number of fused-ring (bicyclic) bond motifs is 1. The van der Waals surface area contributed by atoms with E-state index in [4.69, 9.17) is 10.5 Å². The minimum Gasteiger partial charge on any atom is -0.385 e. The molecule has 0 bridgehead atoms. The van der Waals surface area contributed by atoms with Crippen molar-refractivity contribution in [2.45, 2.75) is 19.4 Å². The molecular formula is C14H19N3O. The molecule has 2 N–H and O–H groups in total. The molecule has 0 radical (unpaired) electrons. The van der Waals surface area contributed by atoms with Gasteiger partial charge in [0.15, 0.2) is 0 Å². The van der Waals surface area contributed by atoms with Gasteiger partial charge in [0.2, 0.25) is 0 Å². The van der Waals surface area contributed by atoms with Crippen molar-refractivity contribution in [1.82, 2.24) is 9.97 Å². The van der Waals surface area contributed by atoms with E-state index in [1.165, 1.54) is 0 Å². The fraction of sp³-hybridized carbons (Fsp3) is 0.429. The van der Waals surface area contributed by atoms with Crippen molar-refractivity contribution in [1.29, 1.82) is 0 Å². The van der Waals surface area contributed by atoms with Gasteiger partial charge in [-0.15, -0.1) is 0 Å². The molecule has 0 fully saturated rings. The Hall–Kier alpha value is -1.52. The molecule has 1 aromatic carbocycles. The predicted molar refractivity (Wildman–Crippen MR) is 72.1 cm³/mol. The number of hydrogen-bond acceptors (Lipinski definition) is 4. The summed E-state index contributed by atoms with van der Waals surface area (Å²) in [5, 5.41) is 0. The molecule has 0 aliphatic rings. The summed E-state index contributed by atoms with van der Waals surface area (Å²) in [6.07, 6.45) is 4.35. The van der Waals surface area contributed by atoms with Gasteiger partial charge in [-0.2, -0.15) is 0 Å². The summed E-state index contributed by atoms with van der Waals surface area (Å²) in [4.78, 5) is 8.69. The topological polar surface area (TPSA) is 61.0 Å². The highest BCUT2D eigenvalue weighted by atomic mass is 16.5. The van der Waals surface area contributed by atoms with E-state index in [0.717, 1.165) is 29.6 Å². The molecule has 2 aromatic rings. The van der Waals surface area contributed by atoms with E-state index in [1.807, 2.05) is 18.2 Å². The molecule has 4 nitrogen and oxygen atoms in total. The minimum absolute atomic E-state index is 0.0412. The quantitative estimate of drug-likeness (QED) is 0.878. The van der Waals surface area contributed by atoms with Crippen molar-refractivity contribution in [3.8, 4) is 0 Å². The number of hydrogen-bond donors (Lipinski definition) is 1. The number of ether oxygens (including phenoxy) is 1. The van der Waals surface area contributed by atoms with Crippen molar-refractivity contribution >= 4 is 11.0 Å². The van der Waals surface area contributed by atoms with Crippen LogP contribution in [0.25, 0.3) is 11.0 Å². The van der Waals surface area contributed by atoms with Gasteiger partial charge in [-0.05, 0) is 24.0 Å². The third kappa shape index (κ3) is 2.66. The first-order valence-corrected chi connectivity index (χ1v) is 6.18. The van der Waals surface area contributed by atoms with Gasteiger partial charge in [0.1, 0.15) is 0 Å². The van der Waals surface area contributed by atoms with E-state index in [2.05, 4.69) is 16.9 Å². The first-order chi connectivity index (χ1) is 8.74. The van der Waals surface area contributed by atoms with Gasteiger partial charge in [0.05, 0.1) is 11.0 Å². The second-order valence-electron chi connectivity index (χ2n) is 4.56. The van der Waals surface area contributed by atoms with Crippen LogP contribution in [0, 0.1) is 5.92 Å². The molecule has 4 heteroatoms. The van der Waals surface area contributed by atoms with E-state index in [1.54, 1.807) is 19.5 Å². The Morgan fingerprint density at radius 2 is 2.06 bits per heavy atom. The van der Waals surface area contributed by atoms with E-state index in [0.29, 0.717) is 5.92 Å². The van der Waals surface area contributed by atoms with Crippen molar-refractivity contribution in [3.05, 3.63) is 36.2 Å². The minimum atomic E-state index is -0.0412. The maximum atomic E-state index is 6.32. The fourth-order valence-corrected chi connectivity index (χ4v) is 2.07. The number of nitrogens with two attached hydrogens (primary N) is 1. The van der Waals surface area contributed by atoms with Crippen LogP contribution in [0.1, 0.15) is 24.9 Å². The smallest absolute Gasteiger partial charge is 0.0934 e. The third-order valence-electron chi connectivity index (χ3n) is 3.28. The van der Waals surface area contributed by atoms with Crippen molar-refractivity contribution in [2.75, 3.05) is 13.7 Å². The monoisotopic (exact) mass is 245 g/mol. The molecule has 18 heavy (non-hydrogen) atoms. The number of para-hydroxylation sites is 1.